The van der Waals surface area contributed by atoms with Gasteiger partial charge in [-0.1, -0.05) is 30.3 Å². The molecule has 0 amide bonds. The van der Waals surface area contributed by atoms with Gasteiger partial charge in [-0.05, 0) is 5.56 Å². The fraction of sp³-hybridized carbons (Fsp3) is 0.500. The second-order valence-corrected chi connectivity index (χ2v) is 6.61. The van der Waals surface area contributed by atoms with Crippen LogP contribution >= 0.6 is 0 Å². The van der Waals surface area contributed by atoms with Crippen LogP contribution in [0.2, 0.25) is 0 Å². The van der Waals surface area contributed by atoms with E-state index in [4.69, 9.17) is 4.74 Å². The first-order valence-electron chi connectivity index (χ1n) is 8.61. The highest BCUT2D eigenvalue weighted by Crippen LogP contribution is 2.23. The number of hydrogen-bond donors (Lipinski definition) is 3. The summed E-state index contributed by atoms with van der Waals surface area (Å²) in [6, 6.07) is 10.5. The molecule has 6 nitrogen and oxygen atoms in total. The normalized spacial score (nSPS) is 23.6. The number of aromatic amines is 1. The van der Waals surface area contributed by atoms with E-state index < -0.39 is 0 Å². The highest BCUT2D eigenvalue weighted by molar-refractivity contribution is 5.26. The van der Waals surface area contributed by atoms with E-state index in [9.17, 15) is 5.11 Å². The number of fused-ring (bicyclic) bond motifs is 1. The fourth-order valence-corrected chi connectivity index (χ4v) is 3.62. The number of benzene rings is 1. The molecule has 4 rings (SSSR count). The van der Waals surface area contributed by atoms with Crippen molar-refractivity contribution in [2.75, 3.05) is 19.7 Å². The average Bonchev–Trinajstić information content (AvgIpc) is 3.22. The predicted molar refractivity (Wildman–Crippen MR) is 90.3 cm³/mol. The van der Waals surface area contributed by atoms with Crippen LogP contribution in [-0.4, -0.2) is 52.0 Å². The molecule has 0 unspecified atom stereocenters. The van der Waals surface area contributed by atoms with E-state index in [-0.39, 0.29) is 12.1 Å². The van der Waals surface area contributed by atoms with Gasteiger partial charge in [0.2, 0.25) is 0 Å². The maximum Gasteiger partial charge on any atom is 0.0832 e. The van der Waals surface area contributed by atoms with Gasteiger partial charge in [-0.15, -0.1) is 0 Å². The maximum absolute atomic E-state index is 10.3. The van der Waals surface area contributed by atoms with Crippen molar-refractivity contribution in [2.45, 2.75) is 38.3 Å². The molecule has 2 aliphatic heterocycles. The summed E-state index contributed by atoms with van der Waals surface area (Å²) >= 11 is 0. The van der Waals surface area contributed by atoms with E-state index in [1.54, 1.807) is 0 Å². The number of nitrogens with one attached hydrogen (secondary N) is 2. The molecule has 2 aromatic rings. The van der Waals surface area contributed by atoms with Crippen molar-refractivity contribution in [1.29, 1.82) is 0 Å². The zero-order chi connectivity index (χ0) is 16.4. The Morgan fingerprint density at radius 2 is 2.08 bits per heavy atom. The third-order valence-corrected chi connectivity index (χ3v) is 4.98. The number of H-pyrrole nitrogens is 1. The Labute approximate surface area is 141 Å². The number of hydrogen-bond acceptors (Lipinski definition) is 5. The van der Waals surface area contributed by atoms with Gasteiger partial charge in [0.15, 0.2) is 0 Å². The van der Waals surface area contributed by atoms with Crippen LogP contribution in [0.3, 0.4) is 0 Å². The van der Waals surface area contributed by atoms with Gasteiger partial charge >= 0.3 is 0 Å². The largest absolute Gasteiger partial charge is 0.390 e. The lowest BCUT2D eigenvalue weighted by Gasteiger charge is -2.30. The van der Waals surface area contributed by atoms with Crippen LogP contribution in [0.25, 0.3) is 0 Å². The van der Waals surface area contributed by atoms with Crippen molar-refractivity contribution in [1.82, 2.24) is 20.4 Å². The molecule has 3 N–H and O–H groups in total. The number of β-amino-alcohol motifs (C(OH)–C–C–N with tert-alkyl or cyclic N) is 1. The Hall–Kier alpha value is -1.73. The first kappa shape index (κ1) is 15.8. The highest BCUT2D eigenvalue weighted by Gasteiger charge is 2.32. The number of aliphatic hydroxyl groups is 1. The van der Waals surface area contributed by atoms with Crippen LogP contribution in [0.1, 0.15) is 22.5 Å². The number of aliphatic hydroxyl groups excluding tert-OH is 1. The van der Waals surface area contributed by atoms with Gasteiger partial charge in [-0.25, -0.2) is 0 Å². The fourth-order valence-electron chi connectivity index (χ4n) is 3.62. The van der Waals surface area contributed by atoms with Crippen molar-refractivity contribution < 1.29 is 9.84 Å². The molecule has 2 atom stereocenters. The van der Waals surface area contributed by atoms with Gasteiger partial charge in [0.25, 0.3) is 0 Å². The Morgan fingerprint density at radius 1 is 1.21 bits per heavy atom. The topological polar surface area (TPSA) is 73.4 Å². The first-order valence-corrected chi connectivity index (χ1v) is 8.61. The Morgan fingerprint density at radius 3 is 2.88 bits per heavy atom. The quantitative estimate of drug-likeness (QED) is 0.758. The van der Waals surface area contributed by atoms with Gasteiger partial charge in [0, 0.05) is 43.9 Å². The summed E-state index contributed by atoms with van der Waals surface area (Å²) in [5, 5.41) is 21.3. The van der Waals surface area contributed by atoms with E-state index >= 15 is 0 Å². The van der Waals surface area contributed by atoms with Crippen LogP contribution in [-0.2, 0) is 30.9 Å². The number of ether oxygens (including phenoxy) is 1. The van der Waals surface area contributed by atoms with Crippen LogP contribution < -0.4 is 5.32 Å². The molecule has 0 spiro atoms. The van der Waals surface area contributed by atoms with Crippen molar-refractivity contribution in [2.24, 2.45) is 0 Å². The molecule has 24 heavy (non-hydrogen) atoms. The smallest absolute Gasteiger partial charge is 0.0832 e. The molecule has 0 aliphatic carbocycles. The minimum absolute atomic E-state index is 0.0991. The second kappa shape index (κ2) is 7.03. The minimum atomic E-state index is -0.347. The van der Waals surface area contributed by atoms with Gasteiger partial charge in [-0.3, -0.25) is 10.00 Å². The first-order chi connectivity index (χ1) is 11.8. The number of rotatable bonds is 5. The molecule has 128 valence electrons. The molecule has 3 heterocycles. The summed E-state index contributed by atoms with van der Waals surface area (Å²) in [4.78, 5) is 2.32. The van der Waals surface area contributed by atoms with E-state index in [1.807, 2.05) is 6.07 Å². The lowest BCUT2D eigenvalue weighted by atomic mass is 10.1. The summed E-state index contributed by atoms with van der Waals surface area (Å²) in [6.07, 6.45) is 0.550. The van der Waals surface area contributed by atoms with Gasteiger partial charge in [0.05, 0.1) is 31.1 Å². The predicted octanol–water partition coefficient (Wildman–Crippen LogP) is 0.817. The molecular formula is C18H24N4O2. The lowest BCUT2D eigenvalue weighted by Crippen LogP contribution is -2.42. The van der Waals surface area contributed by atoms with Gasteiger partial charge in [-0.2, -0.15) is 5.10 Å². The third-order valence-electron chi connectivity index (χ3n) is 4.98. The van der Waals surface area contributed by atoms with E-state index in [2.05, 4.69) is 44.7 Å². The molecular weight excluding hydrogens is 304 g/mol. The molecule has 0 radical (unpaired) electrons. The van der Waals surface area contributed by atoms with E-state index in [1.165, 1.54) is 16.8 Å². The van der Waals surface area contributed by atoms with Crippen LogP contribution in [0.4, 0.5) is 0 Å². The molecule has 1 aromatic heterocycles. The summed E-state index contributed by atoms with van der Waals surface area (Å²) < 4.78 is 5.60. The van der Waals surface area contributed by atoms with Crippen molar-refractivity contribution in [3.8, 4) is 0 Å². The average molecular weight is 328 g/mol. The summed E-state index contributed by atoms with van der Waals surface area (Å²) in [6.45, 7) is 4.36. The minimum Gasteiger partial charge on any atom is -0.390 e. The van der Waals surface area contributed by atoms with Crippen molar-refractivity contribution in [3.05, 3.63) is 52.8 Å². The lowest BCUT2D eigenvalue weighted by molar-refractivity contribution is 0.0706. The van der Waals surface area contributed by atoms with E-state index in [0.29, 0.717) is 19.7 Å². The molecule has 1 saturated heterocycles. The summed E-state index contributed by atoms with van der Waals surface area (Å²) in [5.74, 6) is 0. The second-order valence-electron chi connectivity index (χ2n) is 6.61. The SMILES string of the molecule is O[C@@H]1CNC[C@H]1N(Cc1ccccc1)Cc1n[nH]c2c1COCC2. The number of aromatic nitrogens is 2. The standard InChI is InChI=1S/C18H24N4O2/c23-18-9-19-8-17(18)22(10-13-4-2-1-3-5-13)11-16-14-12-24-7-6-15(14)20-21-16/h1-5,17-19,23H,6-12H2,(H,20,21)/t17-,18-/m1/s1. The van der Waals surface area contributed by atoms with Crippen LogP contribution in [0.15, 0.2) is 30.3 Å². The van der Waals surface area contributed by atoms with Gasteiger partial charge < -0.3 is 15.2 Å². The van der Waals surface area contributed by atoms with E-state index in [0.717, 1.165) is 31.8 Å². The maximum atomic E-state index is 10.3. The Bertz CT molecular complexity index is 673. The van der Waals surface area contributed by atoms with Crippen LogP contribution in [0, 0.1) is 0 Å². The summed E-state index contributed by atoms with van der Waals surface area (Å²) in [7, 11) is 0. The number of nitrogens with zero attached hydrogens (tertiary/aromatic N) is 2. The molecule has 6 heteroatoms. The van der Waals surface area contributed by atoms with Crippen LogP contribution in [0.5, 0.6) is 0 Å². The third kappa shape index (κ3) is 3.23. The molecule has 1 aromatic carbocycles. The van der Waals surface area contributed by atoms with Crippen molar-refractivity contribution >= 4 is 0 Å². The molecule has 1 fully saturated rings. The molecule has 0 bridgehead atoms. The Kier molecular flexibility index (Phi) is 4.62. The molecule has 2 aliphatic rings. The monoisotopic (exact) mass is 328 g/mol. The zero-order valence-corrected chi connectivity index (χ0v) is 13.7. The molecule has 0 saturated carbocycles. The Balaban J connectivity index is 1.57. The zero-order valence-electron chi connectivity index (χ0n) is 13.7. The van der Waals surface area contributed by atoms with Gasteiger partial charge in [0.1, 0.15) is 0 Å². The van der Waals surface area contributed by atoms with Crippen molar-refractivity contribution in [3.63, 3.8) is 0 Å². The highest BCUT2D eigenvalue weighted by atomic mass is 16.5. The summed E-state index contributed by atoms with van der Waals surface area (Å²) in [5.41, 5.74) is 4.68.